The molecule has 0 aromatic heterocycles. The van der Waals surface area contributed by atoms with E-state index in [1.165, 1.54) is 11.1 Å². The zero-order valence-electron chi connectivity index (χ0n) is 13.6. The molecule has 3 rings (SSSR count). The molecule has 1 aliphatic rings. The summed E-state index contributed by atoms with van der Waals surface area (Å²) in [4.78, 5) is 14.1. The number of carbonyl (C=O) groups is 1. The van der Waals surface area contributed by atoms with E-state index >= 15 is 0 Å². The van der Waals surface area contributed by atoms with Crippen molar-refractivity contribution in [3.8, 4) is 5.75 Å². The van der Waals surface area contributed by atoms with Crippen LogP contribution in [-0.4, -0.2) is 23.5 Å². The second kappa shape index (κ2) is 6.84. The number of anilines is 1. The van der Waals surface area contributed by atoms with Gasteiger partial charge in [-0.3, -0.25) is 9.69 Å². The topological polar surface area (TPSA) is 41.6 Å². The van der Waals surface area contributed by atoms with Crippen molar-refractivity contribution in [2.24, 2.45) is 0 Å². The molecular formula is C19H22N2O2. The number of rotatable bonds is 5. The molecule has 0 radical (unpaired) electrons. The average molecular weight is 310 g/mol. The number of hydrogen-bond donors (Lipinski definition) is 1. The highest BCUT2D eigenvalue weighted by Crippen LogP contribution is 2.30. The van der Waals surface area contributed by atoms with Gasteiger partial charge in [-0.05, 0) is 36.7 Å². The van der Waals surface area contributed by atoms with Gasteiger partial charge < -0.3 is 10.1 Å². The van der Waals surface area contributed by atoms with E-state index in [0.29, 0.717) is 0 Å². The second-order valence-corrected chi connectivity index (χ2v) is 5.87. The van der Waals surface area contributed by atoms with Gasteiger partial charge in [-0.15, -0.1) is 0 Å². The quantitative estimate of drug-likeness (QED) is 0.920. The summed E-state index contributed by atoms with van der Waals surface area (Å²) in [5.41, 5.74) is 3.24. The van der Waals surface area contributed by atoms with E-state index in [-0.39, 0.29) is 5.91 Å². The third-order valence-corrected chi connectivity index (χ3v) is 4.08. The molecule has 4 heteroatoms. The normalized spacial score (nSPS) is 16.7. The number of nitrogens with zero attached hydrogens (tertiary/aromatic N) is 1. The molecule has 0 aliphatic carbocycles. The highest BCUT2D eigenvalue weighted by molar-refractivity contribution is 5.97. The Hall–Kier alpha value is -2.33. The summed E-state index contributed by atoms with van der Waals surface area (Å²) < 4.78 is 5.60. The van der Waals surface area contributed by atoms with E-state index in [4.69, 9.17) is 4.74 Å². The van der Waals surface area contributed by atoms with Gasteiger partial charge in [-0.2, -0.15) is 0 Å². The van der Waals surface area contributed by atoms with Crippen LogP contribution in [0.25, 0.3) is 0 Å². The summed E-state index contributed by atoms with van der Waals surface area (Å²) in [7, 11) is 0. The van der Waals surface area contributed by atoms with Gasteiger partial charge in [0.05, 0.1) is 5.69 Å². The minimum absolute atomic E-state index is 0.0914. The van der Waals surface area contributed by atoms with Crippen molar-refractivity contribution < 1.29 is 9.53 Å². The summed E-state index contributed by atoms with van der Waals surface area (Å²) >= 11 is 0. The van der Waals surface area contributed by atoms with Crippen LogP contribution in [0.1, 0.15) is 25.0 Å². The first kappa shape index (κ1) is 15.6. The Morgan fingerprint density at radius 2 is 1.83 bits per heavy atom. The van der Waals surface area contributed by atoms with Crippen molar-refractivity contribution in [1.82, 2.24) is 4.90 Å². The molecule has 0 bridgehead atoms. The maximum Gasteiger partial charge on any atom is 0.265 e. The SMILES string of the molecule is CCN(Cc1ccccc1)Cc1ccc2c(c1)NC(=O)C(C)O2. The van der Waals surface area contributed by atoms with E-state index in [2.05, 4.69) is 47.5 Å². The molecule has 1 unspecified atom stereocenters. The number of nitrogens with one attached hydrogen (secondary N) is 1. The molecule has 1 N–H and O–H groups in total. The largest absolute Gasteiger partial charge is 0.479 e. The summed E-state index contributed by atoms with van der Waals surface area (Å²) in [5, 5.41) is 2.91. The standard InChI is InChI=1S/C19H22N2O2/c1-3-21(12-15-7-5-4-6-8-15)13-16-9-10-18-17(11-16)20-19(22)14(2)23-18/h4-11,14H,3,12-13H2,1-2H3,(H,20,22). The maximum absolute atomic E-state index is 11.7. The molecule has 1 aliphatic heterocycles. The van der Waals surface area contributed by atoms with Crippen molar-refractivity contribution in [2.75, 3.05) is 11.9 Å². The van der Waals surface area contributed by atoms with Gasteiger partial charge in [-0.1, -0.05) is 43.3 Å². The highest BCUT2D eigenvalue weighted by atomic mass is 16.5. The van der Waals surface area contributed by atoms with Crippen LogP contribution >= 0.6 is 0 Å². The van der Waals surface area contributed by atoms with Crippen LogP contribution in [-0.2, 0) is 17.9 Å². The predicted octanol–water partition coefficient (Wildman–Crippen LogP) is 3.43. The fraction of sp³-hybridized carbons (Fsp3) is 0.316. The minimum Gasteiger partial charge on any atom is -0.479 e. The first-order valence-electron chi connectivity index (χ1n) is 8.02. The van der Waals surface area contributed by atoms with E-state index in [1.54, 1.807) is 6.92 Å². The zero-order chi connectivity index (χ0) is 16.2. The van der Waals surface area contributed by atoms with E-state index in [9.17, 15) is 4.79 Å². The Labute approximate surface area is 137 Å². The van der Waals surface area contributed by atoms with Crippen molar-refractivity contribution in [3.63, 3.8) is 0 Å². The van der Waals surface area contributed by atoms with Gasteiger partial charge in [-0.25, -0.2) is 0 Å². The summed E-state index contributed by atoms with van der Waals surface area (Å²) in [6.07, 6.45) is -0.432. The average Bonchev–Trinajstić information content (AvgIpc) is 2.56. The van der Waals surface area contributed by atoms with Crippen LogP contribution in [0.4, 0.5) is 5.69 Å². The molecule has 2 aromatic rings. The maximum atomic E-state index is 11.7. The molecule has 4 nitrogen and oxygen atoms in total. The van der Waals surface area contributed by atoms with E-state index in [0.717, 1.165) is 31.1 Å². The Morgan fingerprint density at radius 3 is 2.57 bits per heavy atom. The summed E-state index contributed by atoms with van der Waals surface area (Å²) in [6.45, 7) is 6.63. The fourth-order valence-electron chi connectivity index (χ4n) is 2.73. The smallest absolute Gasteiger partial charge is 0.265 e. The van der Waals surface area contributed by atoms with Crippen LogP contribution in [0.2, 0.25) is 0 Å². The monoisotopic (exact) mass is 310 g/mol. The molecule has 1 atom stereocenters. The second-order valence-electron chi connectivity index (χ2n) is 5.87. The lowest BCUT2D eigenvalue weighted by Gasteiger charge is -2.25. The zero-order valence-corrected chi connectivity index (χ0v) is 13.6. The third-order valence-electron chi connectivity index (χ3n) is 4.08. The first-order chi connectivity index (χ1) is 11.2. The Bertz CT molecular complexity index is 685. The van der Waals surface area contributed by atoms with Gasteiger partial charge >= 0.3 is 0 Å². The predicted molar refractivity (Wildman–Crippen MR) is 91.4 cm³/mol. The third kappa shape index (κ3) is 3.71. The van der Waals surface area contributed by atoms with Crippen molar-refractivity contribution >= 4 is 11.6 Å². The molecule has 1 heterocycles. The van der Waals surface area contributed by atoms with Gasteiger partial charge in [0.25, 0.3) is 5.91 Å². The lowest BCUT2D eigenvalue weighted by atomic mass is 10.1. The molecule has 2 aromatic carbocycles. The highest BCUT2D eigenvalue weighted by Gasteiger charge is 2.23. The van der Waals surface area contributed by atoms with E-state index < -0.39 is 6.10 Å². The lowest BCUT2D eigenvalue weighted by molar-refractivity contribution is -0.122. The van der Waals surface area contributed by atoms with Crippen molar-refractivity contribution in [1.29, 1.82) is 0 Å². The Morgan fingerprint density at radius 1 is 1.09 bits per heavy atom. The molecule has 1 amide bonds. The molecule has 0 spiro atoms. The molecule has 0 saturated heterocycles. The summed E-state index contributed by atoms with van der Waals surface area (Å²) in [6, 6.07) is 16.5. The number of ether oxygens (including phenoxy) is 1. The molecular weight excluding hydrogens is 288 g/mol. The number of benzene rings is 2. The van der Waals surface area contributed by atoms with Gasteiger partial charge in [0.15, 0.2) is 6.10 Å². The fourth-order valence-corrected chi connectivity index (χ4v) is 2.73. The molecule has 23 heavy (non-hydrogen) atoms. The number of carbonyl (C=O) groups excluding carboxylic acids is 1. The van der Waals surface area contributed by atoms with Gasteiger partial charge in [0.2, 0.25) is 0 Å². The van der Waals surface area contributed by atoms with E-state index in [1.807, 2.05) is 18.2 Å². The van der Waals surface area contributed by atoms with Crippen LogP contribution in [0.3, 0.4) is 0 Å². The van der Waals surface area contributed by atoms with Crippen molar-refractivity contribution in [2.45, 2.75) is 33.0 Å². The van der Waals surface area contributed by atoms with Crippen LogP contribution in [0, 0.1) is 0 Å². The van der Waals surface area contributed by atoms with Crippen molar-refractivity contribution in [3.05, 3.63) is 59.7 Å². The minimum atomic E-state index is -0.432. The number of amides is 1. The molecule has 0 fully saturated rings. The van der Waals surface area contributed by atoms with Crippen LogP contribution < -0.4 is 10.1 Å². The van der Waals surface area contributed by atoms with Gasteiger partial charge in [0, 0.05) is 13.1 Å². The molecule has 120 valence electrons. The Kier molecular flexibility index (Phi) is 4.63. The number of hydrogen-bond acceptors (Lipinski definition) is 3. The first-order valence-corrected chi connectivity index (χ1v) is 8.02. The number of fused-ring (bicyclic) bond motifs is 1. The van der Waals surface area contributed by atoms with Crippen LogP contribution in [0.5, 0.6) is 5.75 Å². The Balaban J connectivity index is 1.72. The van der Waals surface area contributed by atoms with Gasteiger partial charge in [0.1, 0.15) is 5.75 Å². The molecule has 0 saturated carbocycles. The van der Waals surface area contributed by atoms with Crippen LogP contribution in [0.15, 0.2) is 48.5 Å². The summed E-state index contributed by atoms with van der Waals surface area (Å²) in [5.74, 6) is 0.651. The lowest BCUT2D eigenvalue weighted by Crippen LogP contribution is -2.34.